The predicted molar refractivity (Wildman–Crippen MR) is 73.5 cm³/mol. The molecule has 4 nitrogen and oxygen atoms in total. The number of phenolic OH excluding ortho intramolecular Hbond substituents is 1. The number of aromatic hydroxyl groups is 1. The first-order valence-corrected chi connectivity index (χ1v) is 6.83. The van der Waals surface area contributed by atoms with E-state index in [4.69, 9.17) is 11.6 Å². The predicted octanol–water partition coefficient (Wildman–Crippen LogP) is 3.35. The molecular formula is C14H10ClF3N2O2. The molecule has 0 unspecified atom stereocenters. The Morgan fingerprint density at radius 2 is 2.05 bits per heavy atom. The second-order valence-corrected chi connectivity index (χ2v) is 5.60. The highest BCUT2D eigenvalue weighted by Gasteiger charge is 2.60. The molecule has 1 fully saturated rings. The van der Waals surface area contributed by atoms with Gasteiger partial charge in [0, 0.05) is 5.92 Å². The average Bonchev–Trinajstić information content (AvgIpc) is 3.23. The number of benzene rings is 1. The van der Waals surface area contributed by atoms with Crippen LogP contribution in [0.4, 0.5) is 23.7 Å². The number of amides is 2. The zero-order chi connectivity index (χ0) is 16.1. The lowest BCUT2D eigenvalue weighted by atomic mass is 9.85. The second-order valence-electron chi connectivity index (χ2n) is 5.19. The molecule has 116 valence electrons. The Kier molecular flexibility index (Phi) is 3.18. The Hall–Kier alpha value is -2.07. The Morgan fingerprint density at radius 3 is 2.64 bits per heavy atom. The standard InChI is InChI=1S/C14H10ClF3N2O2/c15-8-3-4-9-10(11(8)21)13(14(16,17)18,20-12(22)19-9)6-5-7-1-2-7/h3-4,7,21H,1-2H2,(H2,19,20,22)/t13-/m0/s1. The van der Waals surface area contributed by atoms with E-state index in [1.54, 1.807) is 0 Å². The molecule has 3 rings (SSSR count). The third-order valence-electron chi connectivity index (χ3n) is 3.52. The van der Waals surface area contributed by atoms with Crippen LogP contribution in [0.2, 0.25) is 5.02 Å². The first-order valence-electron chi connectivity index (χ1n) is 6.45. The van der Waals surface area contributed by atoms with Crippen molar-refractivity contribution in [2.45, 2.75) is 24.6 Å². The van der Waals surface area contributed by atoms with E-state index in [0.717, 1.165) is 12.8 Å². The Labute approximate surface area is 128 Å². The third-order valence-corrected chi connectivity index (χ3v) is 3.82. The van der Waals surface area contributed by atoms with E-state index in [9.17, 15) is 23.1 Å². The summed E-state index contributed by atoms with van der Waals surface area (Å²) in [5.41, 5.74) is -3.74. The number of hydrogen-bond donors (Lipinski definition) is 3. The minimum Gasteiger partial charge on any atom is -0.506 e. The fraction of sp³-hybridized carbons (Fsp3) is 0.357. The molecular weight excluding hydrogens is 321 g/mol. The van der Waals surface area contributed by atoms with E-state index in [2.05, 4.69) is 17.2 Å². The fourth-order valence-corrected chi connectivity index (χ4v) is 2.41. The topological polar surface area (TPSA) is 61.4 Å². The first kappa shape index (κ1) is 14.9. The highest BCUT2D eigenvalue weighted by molar-refractivity contribution is 6.32. The van der Waals surface area contributed by atoms with Crippen molar-refractivity contribution in [3.8, 4) is 17.6 Å². The van der Waals surface area contributed by atoms with Crippen LogP contribution in [-0.4, -0.2) is 17.3 Å². The summed E-state index contributed by atoms with van der Waals surface area (Å²) in [6.45, 7) is 0. The lowest BCUT2D eigenvalue weighted by Crippen LogP contribution is -2.59. The van der Waals surface area contributed by atoms with Gasteiger partial charge in [-0.2, -0.15) is 13.2 Å². The molecule has 1 aliphatic heterocycles. The summed E-state index contributed by atoms with van der Waals surface area (Å²) in [7, 11) is 0. The van der Waals surface area contributed by atoms with Gasteiger partial charge in [-0.1, -0.05) is 23.4 Å². The van der Waals surface area contributed by atoms with Gasteiger partial charge in [-0.25, -0.2) is 4.79 Å². The smallest absolute Gasteiger partial charge is 0.427 e. The quantitative estimate of drug-likeness (QED) is 0.639. The van der Waals surface area contributed by atoms with Crippen LogP contribution in [-0.2, 0) is 5.54 Å². The normalized spacial score (nSPS) is 23.7. The van der Waals surface area contributed by atoms with Crippen LogP contribution in [0.3, 0.4) is 0 Å². The first-order chi connectivity index (χ1) is 10.2. The number of nitrogens with one attached hydrogen (secondary N) is 2. The molecule has 3 N–H and O–H groups in total. The number of halogens is 4. The van der Waals surface area contributed by atoms with Gasteiger partial charge in [0.1, 0.15) is 5.75 Å². The molecule has 2 amide bonds. The summed E-state index contributed by atoms with van der Waals surface area (Å²) in [6.07, 6.45) is -3.48. The second kappa shape index (κ2) is 4.71. The summed E-state index contributed by atoms with van der Waals surface area (Å²) in [5.74, 6) is 3.77. The maximum absolute atomic E-state index is 13.7. The highest BCUT2D eigenvalue weighted by atomic mass is 35.5. The van der Waals surface area contributed by atoms with Gasteiger partial charge in [0.15, 0.2) is 0 Å². The van der Waals surface area contributed by atoms with E-state index in [1.165, 1.54) is 12.1 Å². The minimum absolute atomic E-state index is 0.115. The van der Waals surface area contributed by atoms with Gasteiger partial charge in [0.05, 0.1) is 16.3 Å². The molecule has 1 aromatic rings. The van der Waals surface area contributed by atoms with Gasteiger partial charge in [-0.15, -0.1) is 0 Å². The highest BCUT2D eigenvalue weighted by Crippen LogP contribution is 2.49. The molecule has 8 heteroatoms. The number of alkyl halides is 3. The monoisotopic (exact) mass is 330 g/mol. The number of hydrogen-bond acceptors (Lipinski definition) is 2. The van der Waals surface area contributed by atoms with E-state index in [-0.39, 0.29) is 16.6 Å². The van der Waals surface area contributed by atoms with Crippen LogP contribution in [0.15, 0.2) is 12.1 Å². The van der Waals surface area contributed by atoms with Gasteiger partial charge in [-0.3, -0.25) is 0 Å². The molecule has 1 aliphatic carbocycles. The summed E-state index contributed by atoms with van der Waals surface area (Å²) in [5, 5.41) is 13.8. The molecule has 0 spiro atoms. The Morgan fingerprint density at radius 1 is 1.36 bits per heavy atom. The van der Waals surface area contributed by atoms with Crippen LogP contribution in [0.1, 0.15) is 18.4 Å². The molecule has 22 heavy (non-hydrogen) atoms. The van der Waals surface area contributed by atoms with Crippen molar-refractivity contribution in [3.63, 3.8) is 0 Å². The number of urea groups is 1. The van der Waals surface area contributed by atoms with Gasteiger partial charge in [-0.05, 0) is 25.0 Å². The van der Waals surface area contributed by atoms with Gasteiger partial charge < -0.3 is 15.7 Å². The van der Waals surface area contributed by atoms with Gasteiger partial charge in [0.2, 0.25) is 5.54 Å². The number of phenols is 1. The van der Waals surface area contributed by atoms with E-state index < -0.39 is 29.1 Å². The van der Waals surface area contributed by atoms with Crippen molar-refractivity contribution >= 4 is 23.3 Å². The molecule has 0 radical (unpaired) electrons. The van der Waals surface area contributed by atoms with Crippen LogP contribution < -0.4 is 10.6 Å². The largest absolute Gasteiger partial charge is 0.506 e. The van der Waals surface area contributed by atoms with Gasteiger partial charge in [0.25, 0.3) is 0 Å². The maximum atomic E-state index is 13.7. The summed E-state index contributed by atoms with van der Waals surface area (Å²) in [6, 6.07) is 1.36. The lowest BCUT2D eigenvalue weighted by Gasteiger charge is -2.37. The van der Waals surface area contributed by atoms with Crippen molar-refractivity contribution in [3.05, 3.63) is 22.7 Å². The molecule has 0 aromatic heterocycles. The Bertz CT molecular complexity index is 719. The third kappa shape index (κ3) is 2.24. The molecule has 0 saturated heterocycles. The zero-order valence-electron chi connectivity index (χ0n) is 11.0. The molecule has 1 heterocycles. The van der Waals surface area contributed by atoms with Crippen LogP contribution in [0.25, 0.3) is 0 Å². The van der Waals surface area contributed by atoms with Crippen molar-refractivity contribution < 1.29 is 23.1 Å². The van der Waals surface area contributed by atoms with Crippen molar-refractivity contribution in [2.75, 3.05) is 5.32 Å². The lowest BCUT2D eigenvalue weighted by molar-refractivity contribution is -0.179. The molecule has 1 aromatic carbocycles. The number of carbonyl (C=O) groups excluding carboxylic acids is 1. The van der Waals surface area contributed by atoms with Crippen molar-refractivity contribution in [2.24, 2.45) is 5.92 Å². The minimum atomic E-state index is -4.93. The fourth-order valence-electron chi connectivity index (χ4n) is 2.25. The van der Waals surface area contributed by atoms with Crippen molar-refractivity contribution in [1.29, 1.82) is 0 Å². The van der Waals surface area contributed by atoms with Crippen molar-refractivity contribution in [1.82, 2.24) is 5.32 Å². The zero-order valence-corrected chi connectivity index (χ0v) is 11.8. The number of fused-ring (bicyclic) bond motifs is 1. The molecule has 1 atom stereocenters. The van der Waals surface area contributed by atoms with E-state index in [1.807, 2.05) is 5.32 Å². The summed E-state index contributed by atoms with van der Waals surface area (Å²) < 4.78 is 41.2. The van der Waals surface area contributed by atoms with Crippen LogP contribution in [0.5, 0.6) is 5.75 Å². The maximum Gasteiger partial charge on any atom is 0.427 e. The SMILES string of the molecule is O=C1Nc2ccc(Cl)c(O)c2[C@@](C#CC2CC2)(C(F)(F)F)N1. The van der Waals surface area contributed by atoms with Crippen LogP contribution in [0, 0.1) is 17.8 Å². The average molecular weight is 331 g/mol. The molecule has 2 aliphatic rings. The van der Waals surface area contributed by atoms with E-state index in [0.29, 0.717) is 0 Å². The number of anilines is 1. The summed E-state index contributed by atoms with van der Waals surface area (Å²) >= 11 is 5.73. The molecule has 1 saturated carbocycles. The summed E-state index contributed by atoms with van der Waals surface area (Å²) in [4.78, 5) is 11.6. The van der Waals surface area contributed by atoms with Crippen LogP contribution >= 0.6 is 11.6 Å². The molecule has 0 bridgehead atoms. The number of rotatable bonds is 0. The Balaban J connectivity index is 2.29. The van der Waals surface area contributed by atoms with E-state index >= 15 is 0 Å². The number of carbonyl (C=O) groups is 1. The van der Waals surface area contributed by atoms with Gasteiger partial charge >= 0.3 is 12.2 Å².